The van der Waals surface area contributed by atoms with Crippen molar-refractivity contribution >= 4 is 5.91 Å². The summed E-state index contributed by atoms with van der Waals surface area (Å²) in [4.78, 5) is 14.3. The number of likely N-dealkylation sites (tertiary alicyclic amines) is 1. The zero-order valence-electron chi connectivity index (χ0n) is 12.9. The summed E-state index contributed by atoms with van der Waals surface area (Å²) in [6.07, 6.45) is 2.82. The predicted octanol–water partition coefficient (Wildman–Crippen LogP) is 1.88. The van der Waals surface area contributed by atoms with Gasteiger partial charge in [0.25, 0.3) is 0 Å². The number of ether oxygens (including phenoxy) is 1. The highest BCUT2D eigenvalue weighted by atomic mass is 16.5. The van der Waals surface area contributed by atoms with Crippen molar-refractivity contribution in [3.8, 4) is 0 Å². The van der Waals surface area contributed by atoms with E-state index in [0.29, 0.717) is 30.7 Å². The standard InChI is InChI=1S/C15H30N2O2/c1-11(2)7-13(9-16)8-15(18)17-6-5-12(3)14(10-17)19-4/h11-14H,5-10,16H2,1-4H3/t12?,13-,14?/m0/s1. The van der Waals surface area contributed by atoms with Gasteiger partial charge in [-0.25, -0.2) is 0 Å². The number of methoxy groups -OCH3 is 1. The lowest BCUT2D eigenvalue weighted by Crippen LogP contribution is -2.47. The summed E-state index contributed by atoms with van der Waals surface area (Å²) in [6.45, 7) is 8.74. The average molecular weight is 270 g/mol. The van der Waals surface area contributed by atoms with Gasteiger partial charge >= 0.3 is 0 Å². The molecule has 2 N–H and O–H groups in total. The first-order valence-electron chi connectivity index (χ1n) is 7.48. The van der Waals surface area contributed by atoms with Gasteiger partial charge in [-0.05, 0) is 37.1 Å². The smallest absolute Gasteiger partial charge is 0.222 e. The van der Waals surface area contributed by atoms with E-state index >= 15 is 0 Å². The molecule has 0 spiro atoms. The van der Waals surface area contributed by atoms with E-state index in [1.807, 2.05) is 4.90 Å². The van der Waals surface area contributed by atoms with E-state index in [0.717, 1.165) is 25.9 Å². The van der Waals surface area contributed by atoms with Gasteiger partial charge in [0.05, 0.1) is 6.10 Å². The maximum atomic E-state index is 12.3. The van der Waals surface area contributed by atoms with E-state index in [1.54, 1.807) is 7.11 Å². The number of nitrogens with two attached hydrogens (primary N) is 1. The van der Waals surface area contributed by atoms with Crippen molar-refractivity contribution in [3.05, 3.63) is 0 Å². The van der Waals surface area contributed by atoms with Crippen molar-refractivity contribution in [2.24, 2.45) is 23.5 Å². The lowest BCUT2D eigenvalue weighted by molar-refractivity contribution is -0.137. The van der Waals surface area contributed by atoms with Gasteiger partial charge in [-0.1, -0.05) is 20.8 Å². The van der Waals surface area contributed by atoms with Crippen molar-refractivity contribution in [2.45, 2.75) is 46.1 Å². The molecule has 1 amide bonds. The van der Waals surface area contributed by atoms with E-state index in [9.17, 15) is 4.79 Å². The third-order valence-electron chi connectivity index (χ3n) is 4.15. The van der Waals surface area contributed by atoms with E-state index in [1.165, 1.54) is 0 Å². The normalized spacial score (nSPS) is 25.7. The summed E-state index contributed by atoms with van der Waals surface area (Å²) in [5.41, 5.74) is 5.78. The third-order valence-corrected chi connectivity index (χ3v) is 4.15. The molecule has 1 heterocycles. The Kier molecular flexibility index (Phi) is 6.80. The molecule has 4 nitrogen and oxygen atoms in total. The van der Waals surface area contributed by atoms with Crippen LogP contribution in [0.4, 0.5) is 0 Å². The quantitative estimate of drug-likeness (QED) is 0.802. The predicted molar refractivity (Wildman–Crippen MR) is 77.8 cm³/mol. The topological polar surface area (TPSA) is 55.6 Å². The molecule has 0 aromatic heterocycles. The summed E-state index contributed by atoms with van der Waals surface area (Å²) < 4.78 is 5.46. The summed E-state index contributed by atoms with van der Waals surface area (Å²) in [7, 11) is 1.73. The first-order valence-corrected chi connectivity index (χ1v) is 7.48. The van der Waals surface area contributed by atoms with Gasteiger partial charge in [-0.15, -0.1) is 0 Å². The van der Waals surface area contributed by atoms with Crippen LogP contribution in [0.3, 0.4) is 0 Å². The number of carbonyl (C=O) groups is 1. The van der Waals surface area contributed by atoms with E-state index < -0.39 is 0 Å². The van der Waals surface area contributed by atoms with Crippen LogP contribution >= 0.6 is 0 Å². The first-order chi connectivity index (χ1) is 8.97. The minimum Gasteiger partial charge on any atom is -0.379 e. The zero-order chi connectivity index (χ0) is 14.4. The maximum Gasteiger partial charge on any atom is 0.222 e. The van der Waals surface area contributed by atoms with Gasteiger partial charge in [0.2, 0.25) is 5.91 Å². The Morgan fingerprint density at radius 1 is 1.47 bits per heavy atom. The Hall–Kier alpha value is -0.610. The molecule has 0 radical (unpaired) electrons. The Balaban J connectivity index is 2.48. The molecule has 1 saturated heterocycles. The number of hydrogen-bond acceptors (Lipinski definition) is 3. The number of carbonyl (C=O) groups excluding carboxylic acids is 1. The molecule has 1 aliphatic heterocycles. The van der Waals surface area contributed by atoms with Crippen molar-refractivity contribution in [1.29, 1.82) is 0 Å². The molecule has 1 fully saturated rings. The molecule has 0 saturated carbocycles. The van der Waals surface area contributed by atoms with Crippen LogP contribution in [0.5, 0.6) is 0 Å². The van der Waals surface area contributed by atoms with E-state index in [-0.39, 0.29) is 12.0 Å². The van der Waals surface area contributed by atoms with Crippen molar-refractivity contribution in [3.63, 3.8) is 0 Å². The molecule has 1 rings (SSSR count). The van der Waals surface area contributed by atoms with Crippen molar-refractivity contribution < 1.29 is 9.53 Å². The molecule has 112 valence electrons. The Labute approximate surface area is 117 Å². The SMILES string of the molecule is COC1CN(C(=O)C[C@@H](CN)CC(C)C)CCC1C. The number of piperidine rings is 1. The van der Waals surface area contributed by atoms with Gasteiger partial charge in [0.1, 0.15) is 0 Å². The maximum absolute atomic E-state index is 12.3. The summed E-state index contributed by atoms with van der Waals surface area (Å²) >= 11 is 0. The fraction of sp³-hybridized carbons (Fsp3) is 0.933. The van der Waals surface area contributed by atoms with Gasteiger partial charge in [0, 0.05) is 26.6 Å². The third kappa shape index (κ3) is 5.11. The van der Waals surface area contributed by atoms with Crippen LogP contribution in [0.1, 0.15) is 40.0 Å². The van der Waals surface area contributed by atoms with E-state index in [4.69, 9.17) is 10.5 Å². The van der Waals surface area contributed by atoms with Gasteiger partial charge in [0.15, 0.2) is 0 Å². The van der Waals surface area contributed by atoms with Crippen LogP contribution in [0.15, 0.2) is 0 Å². The highest BCUT2D eigenvalue weighted by Gasteiger charge is 2.29. The molecule has 3 atom stereocenters. The van der Waals surface area contributed by atoms with Gasteiger partial charge in [-0.3, -0.25) is 4.79 Å². The minimum atomic E-state index is 0.180. The molecule has 0 aliphatic carbocycles. The lowest BCUT2D eigenvalue weighted by Gasteiger charge is -2.36. The monoisotopic (exact) mass is 270 g/mol. The number of amides is 1. The molecular formula is C15H30N2O2. The van der Waals surface area contributed by atoms with Crippen molar-refractivity contribution in [2.75, 3.05) is 26.7 Å². The molecular weight excluding hydrogens is 240 g/mol. The lowest BCUT2D eigenvalue weighted by atomic mass is 9.92. The number of nitrogens with zero attached hydrogens (tertiary/aromatic N) is 1. The largest absolute Gasteiger partial charge is 0.379 e. The van der Waals surface area contributed by atoms with Crippen LogP contribution in [-0.2, 0) is 9.53 Å². The van der Waals surface area contributed by atoms with Crippen LogP contribution in [0.2, 0.25) is 0 Å². The summed E-state index contributed by atoms with van der Waals surface area (Å²) in [5.74, 6) is 1.68. The minimum absolute atomic E-state index is 0.180. The molecule has 0 aromatic rings. The second kappa shape index (κ2) is 7.85. The molecule has 2 unspecified atom stereocenters. The highest BCUT2D eigenvalue weighted by Crippen LogP contribution is 2.22. The Morgan fingerprint density at radius 3 is 2.68 bits per heavy atom. The van der Waals surface area contributed by atoms with Gasteiger partial charge < -0.3 is 15.4 Å². The number of rotatable bonds is 6. The second-order valence-corrected chi connectivity index (χ2v) is 6.32. The zero-order valence-corrected chi connectivity index (χ0v) is 12.9. The molecule has 0 bridgehead atoms. The Bertz CT molecular complexity index is 281. The summed E-state index contributed by atoms with van der Waals surface area (Å²) in [5, 5.41) is 0. The molecule has 4 heteroatoms. The van der Waals surface area contributed by atoms with E-state index in [2.05, 4.69) is 20.8 Å². The van der Waals surface area contributed by atoms with Crippen LogP contribution in [0, 0.1) is 17.8 Å². The molecule has 1 aliphatic rings. The van der Waals surface area contributed by atoms with Crippen LogP contribution in [0.25, 0.3) is 0 Å². The highest BCUT2D eigenvalue weighted by molar-refractivity contribution is 5.76. The fourth-order valence-electron chi connectivity index (χ4n) is 2.87. The Morgan fingerprint density at radius 2 is 2.16 bits per heavy atom. The van der Waals surface area contributed by atoms with Gasteiger partial charge in [-0.2, -0.15) is 0 Å². The number of hydrogen-bond donors (Lipinski definition) is 1. The van der Waals surface area contributed by atoms with Crippen LogP contribution in [-0.4, -0.2) is 43.7 Å². The average Bonchev–Trinajstić information content (AvgIpc) is 2.37. The molecule has 0 aromatic carbocycles. The summed E-state index contributed by atoms with van der Waals surface area (Å²) in [6, 6.07) is 0. The van der Waals surface area contributed by atoms with Crippen molar-refractivity contribution in [1.82, 2.24) is 4.90 Å². The fourth-order valence-corrected chi connectivity index (χ4v) is 2.87. The molecule has 19 heavy (non-hydrogen) atoms. The first kappa shape index (κ1) is 16.4. The van der Waals surface area contributed by atoms with Crippen LogP contribution < -0.4 is 5.73 Å². The second-order valence-electron chi connectivity index (χ2n) is 6.32.